The molecule has 0 radical (unpaired) electrons. The average molecular weight is 420 g/mol. The number of esters is 1. The van der Waals surface area contributed by atoms with E-state index in [1.807, 2.05) is 56.3 Å². The van der Waals surface area contributed by atoms with Crippen molar-refractivity contribution in [3.63, 3.8) is 0 Å². The van der Waals surface area contributed by atoms with Crippen molar-refractivity contribution >= 4 is 18.1 Å². The molecule has 0 unspecified atom stereocenters. The molecule has 0 spiro atoms. The molecule has 0 fully saturated rings. The van der Waals surface area contributed by atoms with E-state index in [0.29, 0.717) is 17.9 Å². The second-order valence-electron chi connectivity index (χ2n) is 6.89. The molecule has 0 bridgehead atoms. The van der Waals surface area contributed by atoms with Gasteiger partial charge in [-0.15, -0.1) is 0 Å². The van der Waals surface area contributed by atoms with Crippen molar-refractivity contribution < 1.29 is 19.1 Å². The largest absolute Gasteiger partial charge is 0.488 e. The molecule has 1 aromatic heterocycles. The predicted octanol–water partition coefficient (Wildman–Crippen LogP) is 3.02. The number of aryl methyl sites for hydroxylation is 2. The van der Waals surface area contributed by atoms with E-state index in [4.69, 9.17) is 9.47 Å². The van der Waals surface area contributed by atoms with Crippen LogP contribution in [0.2, 0.25) is 0 Å². The minimum absolute atomic E-state index is 0.0940. The fraction of sp³-hybridized carbons (Fsp3) is 0.217. The molecule has 1 N–H and O–H groups in total. The molecule has 0 atom stereocenters. The van der Waals surface area contributed by atoms with Gasteiger partial charge in [-0.25, -0.2) is 10.2 Å². The first kappa shape index (κ1) is 21.8. The number of para-hydroxylation sites is 1. The van der Waals surface area contributed by atoms with E-state index in [1.165, 1.54) is 13.3 Å². The summed E-state index contributed by atoms with van der Waals surface area (Å²) in [6.45, 7) is 4.18. The van der Waals surface area contributed by atoms with E-state index in [-0.39, 0.29) is 18.4 Å². The van der Waals surface area contributed by atoms with E-state index in [0.717, 1.165) is 22.5 Å². The van der Waals surface area contributed by atoms with Gasteiger partial charge in [0.05, 0.1) is 24.6 Å². The highest BCUT2D eigenvalue weighted by Crippen LogP contribution is 2.18. The maximum absolute atomic E-state index is 12.1. The molecule has 2 aromatic carbocycles. The maximum Gasteiger partial charge on any atom is 0.337 e. The number of amides is 1. The summed E-state index contributed by atoms with van der Waals surface area (Å²) in [6.07, 6.45) is 1.54. The highest BCUT2D eigenvalue weighted by molar-refractivity contribution is 5.89. The Bertz CT molecular complexity index is 1090. The Balaban J connectivity index is 1.57. The summed E-state index contributed by atoms with van der Waals surface area (Å²) in [7, 11) is 1.35. The van der Waals surface area contributed by atoms with Crippen molar-refractivity contribution in [3.05, 3.63) is 82.7 Å². The number of aromatic nitrogens is 2. The number of rotatable bonds is 8. The van der Waals surface area contributed by atoms with Gasteiger partial charge < -0.3 is 9.47 Å². The van der Waals surface area contributed by atoms with Gasteiger partial charge in [0.1, 0.15) is 18.9 Å². The first-order chi connectivity index (χ1) is 15.0. The Labute approximate surface area is 180 Å². The van der Waals surface area contributed by atoms with Crippen LogP contribution in [0.1, 0.15) is 32.9 Å². The van der Waals surface area contributed by atoms with Crippen LogP contribution in [-0.4, -0.2) is 35.0 Å². The number of ether oxygens (including phenoxy) is 2. The lowest BCUT2D eigenvalue weighted by molar-refractivity contribution is -0.121. The Kier molecular flexibility index (Phi) is 7.16. The van der Waals surface area contributed by atoms with E-state index in [2.05, 4.69) is 15.6 Å². The number of carbonyl (C=O) groups excluding carboxylic acids is 2. The second-order valence-corrected chi connectivity index (χ2v) is 6.89. The Morgan fingerprint density at radius 3 is 2.55 bits per heavy atom. The topological polar surface area (TPSA) is 94.8 Å². The van der Waals surface area contributed by atoms with Crippen LogP contribution < -0.4 is 10.2 Å². The molecule has 0 saturated carbocycles. The van der Waals surface area contributed by atoms with Crippen LogP contribution in [0, 0.1) is 13.8 Å². The summed E-state index contributed by atoms with van der Waals surface area (Å²) < 4.78 is 12.2. The number of hydrogen-bond acceptors (Lipinski definition) is 6. The zero-order valence-electron chi connectivity index (χ0n) is 17.7. The molecule has 8 heteroatoms. The number of hydrogen-bond donors (Lipinski definition) is 1. The molecule has 3 rings (SSSR count). The van der Waals surface area contributed by atoms with Gasteiger partial charge in [-0.1, -0.05) is 24.3 Å². The summed E-state index contributed by atoms with van der Waals surface area (Å²) in [5.74, 6) is -0.0310. The third-order valence-corrected chi connectivity index (χ3v) is 4.48. The maximum atomic E-state index is 12.1. The summed E-state index contributed by atoms with van der Waals surface area (Å²) in [4.78, 5) is 23.6. The van der Waals surface area contributed by atoms with Gasteiger partial charge in [0, 0.05) is 11.3 Å². The minimum Gasteiger partial charge on any atom is -0.488 e. The van der Waals surface area contributed by atoms with Crippen LogP contribution in [0.5, 0.6) is 5.75 Å². The van der Waals surface area contributed by atoms with Crippen molar-refractivity contribution in [2.24, 2.45) is 5.10 Å². The minimum atomic E-state index is -0.381. The molecular formula is C23H24N4O4. The van der Waals surface area contributed by atoms with Crippen molar-refractivity contribution in [1.82, 2.24) is 15.2 Å². The SMILES string of the molecule is COC(=O)c1ccc(COc2ccccc2/C=N/NC(=O)Cn2nc(C)cc2C)cc1. The van der Waals surface area contributed by atoms with Gasteiger partial charge in [-0.2, -0.15) is 10.2 Å². The Morgan fingerprint density at radius 1 is 1.13 bits per heavy atom. The van der Waals surface area contributed by atoms with Crippen LogP contribution in [0.15, 0.2) is 59.7 Å². The van der Waals surface area contributed by atoms with Crippen LogP contribution >= 0.6 is 0 Å². The summed E-state index contributed by atoms with van der Waals surface area (Å²) in [5.41, 5.74) is 6.39. The van der Waals surface area contributed by atoms with Gasteiger partial charge >= 0.3 is 5.97 Å². The van der Waals surface area contributed by atoms with Crippen LogP contribution in [0.25, 0.3) is 0 Å². The second kappa shape index (κ2) is 10.2. The summed E-state index contributed by atoms with van der Waals surface area (Å²) in [5, 5.41) is 8.30. The molecule has 0 aliphatic heterocycles. The Hall–Kier alpha value is -3.94. The van der Waals surface area contributed by atoms with Crippen molar-refractivity contribution in [1.29, 1.82) is 0 Å². The van der Waals surface area contributed by atoms with Gasteiger partial charge in [-0.05, 0) is 49.7 Å². The molecule has 31 heavy (non-hydrogen) atoms. The van der Waals surface area contributed by atoms with Crippen LogP contribution in [0.3, 0.4) is 0 Å². The fourth-order valence-corrected chi connectivity index (χ4v) is 2.91. The number of nitrogens with one attached hydrogen (secondary N) is 1. The molecular weight excluding hydrogens is 396 g/mol. The highest BCUT2D eigenvalue weighted by Gasteiger charge is 2.07. The van der Waals surface area contributed by atoms with Gasteiger partial charge in [-0.3, -0.25) is 9.48 Å². The number of benzene rings is 2. The van der Waals surface area contributed by atoms with Crippen molar-refractivity contribution in [2.75, 3.05) is 7.11 Å². The summed E-state index contributed by atoms with van der Waals surface area (Å²) >= 11 is 0. The zero-order valence-corrected chi connectivity index (χ0v) is 17.7. The van der Waals surface area contributed by atoms with Gasteiger partial charge in [0.15, 0.2) is 0 Å². The normalized spacial score (nSPS) is 10.8. The number of nitrogens with zero attached hydrogens (tertiary/aromatic N) is 3. The lowest BCUT2D eigenvalue weighted by atomic mass is 10.1. The van der Waals surface area contributed by atoms with Crippen LogP contribution in [0.4, 0.5) is 0 Å². The quantitative estimate of drug-likeness (QED) is 0.343. The molecule has 1 heterocycles. The smallest absolute Gasteiger partial charge is 0.337 e. The van der Waals surface area contributed by atoms with Crippen molar-refractivity contribution in [2.45, 2.75) is 27.0 Å². The van der Waals surface area contributed by atoms with E-state index < -0.39 is 0 Å². The number of hydrazone groups is 1. The lowest BCUT2D eigenvalue weighted by Crippen LogP contribution is -2.24. The van der Waals surface area contributed by atoms with Crippen molar-refractivity contribution in [3.8, 4) is 5.75 Å². The highest BCUT2D eigenvalue weighted by atomic mass is 16.5. The molecule has 160 valence electrons. The van der Waals surface area contributed by atoms with Gasteiger partial charge in [0.25, 0.3) is 5.91 Å². The van der Waals surface area contributed by atoms with Crippen LogP contribution in [-0.2, 0) is 22.7 Å². The van der Waals surface area contributed by atoms with E-state index in [1.54, 1.807) is 16.8 Å². The molecule has 1 amide bonds. The van der Waals surface area contributed by atoms with E-state index >= 15 is 0 Å². The lowest BCUT2D eigenvalue weighted by Gasteiger charge is -2.09. The average Bonchev–Trinajstić information content (AvgIpc) is 3.09. The third kappa shape index (κ3) is 6.02. The number of carbonyl (C=O) groups is 2. The molecule has 8 nitrogen and oxygen atoms in total. The monoisotopic (exact) mass is 420 g/mol. The fourth-order valence-electron chi connectivity index (χ4n) is 2.91. The summed E-state index contributed by atoms with van der Waals surface area (Å²) in [6, 6.07) is 16.3. The first-order valence-corrected chi connectivity index (χ1v) is 9.68. The van der Waals surface area contributed by atoms with E-state index in [9.17, 15) is 9.59 Å². The predicted molar refractivity (Wildman–Crippen MR) is 116 cm³/mol. The third-order valence-electron chi connectivity index (χ3n) is 4.48. The molecule has 0 aliphatic rings. The standard InChI is InChI=1S/C23H24N4O4/c1-16-12-17(2)27(26-16)14-22(28)25-24-13-20-6-4-5-7-21(20)31-15-18-8-10-19(11-9-18)23(29)30-3/h4-13H,14-15H2,1-3H3,(H,25,28)/b24-13+. The zero-order chi connectivity index (χ0) is 22.2. The Morgan fingerprint density at radius 2 is 1.87 bits per heavy atom. The van der Waals surface area contributed by atoms with Gasteiger partial charge in [0.2, 0.25) is 0 Å². The molecule has 0 aliphatic carbocycles. The molecule has 0 saturated heterocycles. The number of methoxy groups -OCH3 is 1. The first-order valence-electron chi connectivity index (χ1n) is 9.68. The molecule has 3 aromatic rings.